The lowest BCUT2D eigenvalue weighted by Crippen LogP contribution is -2.69. The van der Waals surface area contributed by atoms with Gasteiger partial charge in [-0.05, 0) is 61.6 Å². The maximum Gasteiger partial charge on any atom is 0.313 e. The molecule has 2 atom stereocenters. The van der Waals surface area contributed by atoms with E-state index in [1.165, 1.54) is 11.9 Å². The number of hydrogen-bond acceptors (Lipinski definition) is 7. The quantitative estimate of drug-likeness (QED) is 0.615. The maximum atomic E-state index is 13.3. The molecule has 1 aromatic heterocycles. The van der Waals surface area contributed by atoms with Crippen LogP contribution in [0, 0.1) is 5.92 Å². The van der Waals surface area contributed by atoms with Crippen LogP contribution in [0.2, 0.25) is 0 Å². The Labute approximate surface area is 219 Å². The number of nitrogens with zero attached hydrogens (tertiary/aromatic N) is 4. The van der Waals surface area contributed by atoms with Crippen molar-refractivity contribution in [3.05, 3.63) is 47.7 Å². The van der Waals surface area contributed by atoms with Crippen molar-refractivity contribution in [2.45, 2.75) is 44.8 Å². The number of morpholine rings is 1. The number of aryl methyl sites for hydroxylation is 1. The van der Waals surface area contributed by atoms with Crippen LogP contribution in [0.15, 0.2) is 36.5 Å². The lowest BCUT2D eigenvalue weighted by Gasteiger charge is -2.53. The molecule has 5 rings (SSSR count). The van der Waals surface area contributed by atoms with Gasteiger partial charge < -0.3 is 30.5 Å². The van der Waals surface area contributed by atoms with Crippen molar-refractivity contribution in [1.29, 1.82) is 0 Å². The molecule has 0 unspecified atom stereocenters. The summed E-state index contributed by atoms with van der Waals surface area (Å²) < 4.78 is 6.10. The van der Waals surface area contributed by atoms with Gasteiger partial charge in [0, 0.05) is 38.4 Å². The number of carbonyl (C=O) groups is 2. The molecule has 9 heteroatoms. The Morgan fingerprint density at radius 2 is 1.95 bits per heavy atom. The number of hydrogen-bond donors (Lipinski definition) is 2. The van der Waals surface area contributed by atoms with Crippen molar-refractivity contribution in [3.8, 4) is 0 Å². The number of carbonyl (C=O) groups excluding carboxylic acids is 2. The number of pyridine rings is 1. The standard InChI is InChI=1S/C28H38N6O3/c1-4-20-13-22(14-30-25(20)29)31-26(35)27(36)34-15-19(2)5-10-24(34)21-6-8-23(9-7-21)33-11-12-37-28(18-33)16-32(3)17-28/h6-9,13-14,19,24H,4-5,10-12,15-18H2,1-3H3,(H2,29,30)(H,31,35)/t19-,24+/m1/s1. The molecule has 2 amide bonds. The second kappa shape index (κ2) is 10.3. The van der Waals surface area contributed by atoms with Crippen molar-refractivity contribution in [2.24, 2.45) is 5.92 Å². The topological polar surface area (TPSA) is 104 Å². The molecule has 1 spiro atoms. The molecule has 2 aromatic rings. The van der Waals surface area contributed by atoms with Gasteiger partial charge in [0.2, 0.25) is 0 Å². The molecule has 1 aromatic carbocycles. The van der Waals surface area contributed by atoms with Gasteiger partial charge >= 0.3 is 11.8 Å². The number of likely N-dealkylation sites (tertiary alicyclic amines) is 2. The number of likely N-dealkylation sites (N-methyl/N-ethyl adjacent to an activating group) is 1. The zero-order chi connectivity index (χ0) is 26.2. The van der Waals surface area contributed by atoms with Crippen LogP contribution < -0.4 is 16.0 Å². The third-order valence-electron chi connectivity index (χ3n) is 7.92. The van der Waals surface area contributed by atoms with Gasteiger partial charge in [-0.15, -0.1) is 0 Å². The predicted octanol–water partition coefficient (Wildman–Crippen LogP) is 2.69. The summed E-state index contributed by atoms with van der Waals surface area (Å²) in [4.78, 5) is 36.9. The third kappa shape index (κ3) is 5.29. The number of aromatic nitrogens is 1. The Morgan fingerprint density at radius 1 is 1.19 bits per heavy atom. The number of ether oxygens (including phenoxy) is 1. The average Bonchev–Trinajstić information content (AvgIpc) is 2.88. The number of nitrogens with one attached hydrogen (secondary N) is 1. The molecular formula is C28H38N6O3. The lowest BCUT2D eigenvalue weighted by molar-refractivity contribution is -0.146. The minimum absolute atomic E-state index is 0.0559. The van der Waals surface area contributed by atoms with Gasteiger partial charge in [0.05, 0.1) is 24.5 Å². The Hall–Kier alpha value is -3.17. The number of amides is 2. The summed E-state index contributed by atoms with van der Waals surface area (Å²) in [5.74, 6) is -0.386. The first kappa shape index (κ1) is 25.5. The molecule has 4 heterocycles. The average molecular weight is 507 g/mol. The van der Waals surface area contributed by atoms with Gasteiger partial charge in [-0.3, -0.25) is 9.59 Å². The number of benzene rings is 1. The highest BCUT2D eigenvalue weighted by atomic mass is 16.5. The molecule has 0 radical (unpaired) electrons. The van der Waals surface area contributed by atoms with Crippen LogP contribution in [0.4, 0.5) is 17.2 Å². The van der Waals surface area contributed by atoms with E-state index in [9.17, 15) is 9.59 Å². The number of nitrogens with two attached hydrogens (primary N) is 1. The number of anilines is 3. The van der Waals surface area contributed by atoms with Gasteiger partial charge in [-0.1, -0.05) is 26.0 Å². The van der Waals surface area contributed by atoms with Crippen LogP contribution in [0.5, 0.6) is 0 Å². The predicted molar refractivity (Wildman–Crippen MR) is 144 cm³/mol. The molecular weight excluding hydrogens is 468 g/mol. The molecule has 3 N–H and O–H groups in total. The lowest BCUT2D eigenvalue weighted by atomic mass is 9.89. The van der Waals surface area contributed by atoms with Crippen molar-refractivity contribution < 1.29 is 14.3 Å². The van der Waals surface area contributed by atoms with Crippen LogP contribution >= 0.6 is 0 Å². The van der Waals surface area contributed by atoms with Crippen LogP contribution in [-0.2, 0) is 20.7 Å². The van der Waals surface area contributed by atoms with E-state index >= 15 is 0 Å². The molecule has 3 fully saturated rings. The molecule has 37 heavy (non-hydrogen) atoms. The Balaban J connectivity index is 1.29. The van der Waals surface area contributed by atoms with Crippen molar-refractivity contribution in [2.75, 3.05) is 62.3 Å². The van der Waals surface area contributed by atoms with Crippen LogP contribution in [0.25, 0.3) is 0 Å². The highest BCUT2D eigenvalue weighted by molar-refractivity contribution is 6.39. The third-order valence-corrected chi connectivity index (χ3v) is 7.92. The summed E-state index contributed by atoms with van der Waals surface area (Å²) in [5, 5.41) is 2.73. The van der Waals surface area contributed by atoms with E-state index < -0.39 is 11.8 Å². The van der Waals surface area contributed by atoms with Crippen molar-refractivity contribution >= 4 is 29.0 Å². The van der Waals surface area contributed by atoms with Crippen molar-refractivity contribution in [3.63, 3.8) is 0 Å². The summed E-state index contributed by atoms with van der Waals surface area (Å²) in [6.07, 6.45) is 4.03. The second-order valence-electron chi connectivity index (χ2n) is 10.9. The fourth-order valence-electron chi connectivity index (χ4n) is 6.01. The number of rotatable bonds is 4. The maximum absolute atomic E-state index is 13.3. The van der Waals surface area contributed by atoms with E-state index in [2.05, 4.69) is 58.3 Å². The van der Waals surface area contributed by atoms with Gasteiger partial charge in [-0.2, -0.15) is 0 Å². The van der Waals surface area contributed by atoms with Crippen LogP contribution in [-0.4, -0.2) is 78.6 Å². The minimum Gasteiger partial charge on any atom is -0.383 e. The largest absolute Gasteiger partial charge is 0.383 e. The highest BCUT2D eigenvalue weighted by Crippen LogP contribution is 2.35. The van der Waals surface area contributed by atoms with Crippen molar-refractivity contribution in [1.82, 2.24) is 14.8 Å². The number of nitrogen functional groups attached to an aromatic ring is 1. The summed E-state index contributed by atoms with van der Waals surface area (Å²) >= 11 is 0. The summed E-state index contributed by atoms with van der Waals surface area (Å²) in [6, 6.07) is 10.2. The normalized spacial score (nSPS) is 23.5. The zero-order valence-electron chi connectivity index (χ0n) is 22.1. The SMILES string of the molecule is CCc1cc(NC(=O)C(=O)N2C[C@H](C)CC[C@H]2c2ccc(N3CCOC4(CN(C)C4)C3)cc2)cnc1N. The molecule has 3 saturated heterocycles. The van der Waals surface area contributed by atoms with E-state index in [0.29, 0.717) is 30.4 Å². The fraction of sp³-hybridized carbons (Fsp3) is 0.536. The van der Waals surface area contributed by atoms with Gasteiger partial charge in [0.1, 0.15) is 11.4 Å². The fourth-order valence-corrected chi connectivity index (χ4v) is 6.01. The molecule has 0 saturated carbocycles. The number of piperidine rings is 1. The first-order valence-corrected chi connectivity index (χ1v) is 13.3. The smallest absolute Gasteiger partial charge is 0.313 e. The van der Waals surface area contributed by atoms with Gasteiger partial charge in [-0.25, -0.2) is 4.98 Å². The summed E-state index contributed by atoms with van der Waals surface area (Å²) in [5.41, 5.74) is 9.38. The Bertz CT molecular complexity index is 1140. The van der Waals surface area contributed by atoms with E-state index in [1.807, 2.05) is 6.92 Å². The molecule has 0 bridgehead atoms. The van der Waals surface area contributed by atoms with E-state index in [0.717, 1.165) is 56.8 Å². The minimum atomic E-state index is -0.645. The van der Waals surface area contributed by atoms with Gasteiger partial charge in [0.15, 0.2) is 0 Å². The monoisotopic (exact) mass is 506 g/mol. The van der Waals surface area contributed by atoms with Crippen LogP contribution in [0.1, 0.15) is 43.9 Å². The second-order valence-corrected chi connectivity index (χ2v) is 10.9. The zero-order valence-corrected chi connectivity index (χ0v) is 22.1. The van der Waals surface area contributed by atoms with Crippen LogP contribution in [0.3, 0.4) is 0 Å². The first-order chi connectivity index (χ1) is 17.8. The molecule has 9 nitrogen and oxygen atoms in total. The molecule has 3 aliphatic heterocycles. The molecule has 3 aliphatic rings. The molecule has 198 valence electrons. The van der Waals surface area contributed by atoms with Gasteiger partial charge in [0.25, 0.3) is 0 Å². The van der Waals surface area contributed by atoms with E-state index in [-0.39, 0.29) is 11.6 Å². The van der Waals surface area contributed by atoms with E-state index in [4.69, 9.17) is 10.5 Å². The first-order valence-electron chi connectivity index (χ1n) is 13.3. The Kier molecular flexibility index (Phi) is 7.09. The Morgan fingerprint density at radius 3 is 2.65 bits per heavy atom. The summed E-state index contributed by atoms with van der Waals surface area (Å²) in [7, 11) is 2.12. The van der Waals surface area contributed by atoms with E-state index in [1.54, 1.807) is 11.0 Å². The highest BCUT2D eigenvalue weighted by Gasteiger charge is 2.45. The summed E-state index contributed by atoms with van der Waals surface area (Å²) in [6.45, 7) is 9.08. The molecule has 0 aliphatic carbocycles.